The van der Waals surface area contributed by atoms with Crippen LogP contribution in [0.2, 0.25) is 5.15 Å². The molecule has 0 spiro atoms. The van der Waals surface area contributed by atoms with Crippen molar-refractivity contribution in [3.05, 3.63) is 51.5 Å². The van der Waals surface area contributed by atoms with Crippen molar-refractivity contribution in [2.45, 2.75) is 0 Å². The quantitative estimate of drug-likeness (QED) is 0.846. The highest BCUT2D eigenvalue weighted by molar-refractivity contribution is 9.10. The minimum atomic E-state index is -0.566. The smallest absolute Gasteiger partial charge is 0.258 e. The van der Waals surface area contributed by atoms with E-state index in [0.717, 1.165) is 6.07 Å². The number of anilines is 1. The van der Waals surface area contributed by atoms with E-state index in [9.17, 15) is 9.18 Å². The number of halogens is 3. The Morgan fingerprint density at radius 2 is 2.20 bits per heavy atom. The van der Waals surface area contributed by atoms with Crippen LogP contribution in [0.4, 0.5) is 10.1 Å². The Labute approximate surface area is 128 Å². The topological polar surface area (TPSA) is 51.2 Å². The Kier molecular flexibility index (Phi) is 4.57. The van der Waals surface area contributed by atoms with E-state index in [-0.39, 0.29) is 16.5 Å². The summed E-state index contributed by atoms with van der Waals surface area (Å²) in [5.74, 6) is -0.942. The van der Waals surface area contributed by atoms with Gasteiger partial charge in [0.2, 0.25) is 0 Å². The van der Waals surface area contributed by atoms with Crippen molar-refractivity contribution in [2.75, 3.05) is 12.4 Å². The van der Waals surface area contributed by atoms with Crippen LogP contribution in [0.25, 0.3) is 0 Å². The van der Waals surface area contributed by atoms with Gasteiger partial charge >= 0.3 is 0 Å². The summed E-state index contributed by atoms with van der Waals surface area (Å²) in [6.45, 7) is 0. The Morgan fingerprint density at radius 1 is 1.45 bits per heavy atom. The fraction of sp³-hybridized carbons (Fsp3) is 0.0769. The maximum absolute atomic E-state index is 13.5. The lowest BCUT2D eigenvalue weighted by molar-refractivity contribution is 0.102. The van der Waals surface area contributed by atoms with Crippen LogP contribution in [-0.4, -0.2) is 18.0 Å². The molecule has 0 atom stereocenters. The number of nitrogens with one attached hydrogen (secondary N) is 1. The van der Waals surface area contributed by atoms with Gasteiger partial charge in [-0.3, -0.25) is 4.79 Å². The molecule has 4 nitrogen and oxygen atoms in total. The van der Waals surface area contributed by atoms with Crippen molar-refractivity contribution in [1.29, 1.82) is 0 Å². The molecule has 1 heterocycles. The molecule has 1 aromatic heterocycles. The minimum Gasteiger partial charge on any atom is -0.494 e. The first kappa shape index (κ1) is 14.7. The summed E-state index contributed by atoms with van der Waals surface area (Å²) < 4.78 is 18.9. The molecule has 0 unspecified atom stereocenters. The Bertz CT molecular complexity index is 667. The molecular weight excluding hydrogens is 351 g/mol. The molecule has 0 radical (unpaired) electrons. The Hall–Kier alpha value is -1.66. The third kappa shape index (κ3) is 3.26. The molecule has 0 aliphatic heterocycles. The fourth-order valence-electron chi connectivity index (χ4n) is 1.52. The Morgan fingerprint density at radius 3 is 2.85 bits per heavy atom. The van der Waals surface area contributed by atoms with E-state index < -0.39 is 11.7 Å². The van der Waals surface area contributed by atoms with Crippen LogP contribution in [0, 0.1) is 5.82 Å². The minimum absolute atomic E-state index is 0.0692. The van der Waals surface area contributed by atoms with Gasteiger partial charge in [-0.05, 0) is 34.1 Å². The number of amides is 1. The van der Waals surface area contributed by atoms with E-state index in [4.69, 9.17) is 16.3 Å². The van der Waals surface area contributed by atoms with Gasteiger partial charge in [-0.2, -0.15) is 0 Å². The second-order valence-corrected chi connectivity index (χ2v) is 5.07. The number of aromatic nitrogens is 1. The third-order valence-corrected chi connectivity index (χ3v) is 3.19. The maximum Gasteiger partial charge on any atom is 0.258 e. The van der Waals surface area contributed by atoms with Gasteiger partial charge in [0.05, 0.1) is 12.7 Å². The van der Waals surface area contributed by atoms with Crippen LogP contribution < -0.4 is 10.1 Å². The van der Waals surface area contributed by atoms with Crippen LogP contribution in [-0.2, 0) is 0 Å². The number of pyridine rings is 1. The summed E-state index contributed by atoms with van der Waals surface area (Å²) in [5, 5.41) is 2.61. The van der Waals surface area contributed by atoms with Crippen LogP contribution in [0.3, 0.4) is 0 Å². The van der Waals surface area contributed by atoms with Crippen LogP contribution in [0.1, 0.15) is 10.4 Å². The summed E-state index contributed by atoms with van der Waals surface area (Å²) in [6.07, 6.45) is 1.48. The molecule has 0 aliphatic carbocycles. The van der Waals surface area contributed by atoms with Crippen molar-refractivity contribution >= 4 is 39.1 Å². The molecule has 0 saturated heterocycles. The first-order chi connectivity index (χ1) is 9.51. The number of nitrogens with zero attached hydrogens (tertiary/aromatic N) is 1. The number of methoxy groups -OCH3 is 1. The van der Waals surface area contributed by atoms with Crippen LogP contribution in [0.15, 0.2) is 34.9 Å². The molecule has 0 fully saturated rings. The predicted molar refractivity (Wildman–Crippen MR) is 77.9 cm³/mol. The highest BCUT2D eigenvalue weighted by Gasteiger charge is 2.13. The lowest BCUT2D eigenvalue weighted by atomic mass is 10.2. The van der Waals surface area contributed by atoms with Gasteiger partial charge in [0.25, 0.3) is 5.91 Å². The molecule has 104 valence electrons. The SMILES string of the molecule is COc1ccc(NC(=O)c2cc(Br)cnc2Cl)cc1F. The van der Waals surface area contributed by atoms with Crippen LogP contribution >= 0.6 is 27.5 Å². The average Bonchev–Trinajstić information content (AvgIpc) is 2.41. The summed E-state index contributed by atoms with van der Waals surface area (Å²) in [4.78, 5) is 15.9. The van der Waals surface area contributed by atoms with Gasteiger partial charge in [-0.1, -0.05) is 11.6 Å². The molecule has 0 aliphatic rings. The number of carbonyl (C=O) groups is 1. The standard InChI is InChI=1S/C13H9BrClFN2O2/c1-20-11-3-2-8(5-10(11)16)18-13(19)9-4-7(14)6-17-12(9)15/h2-6H,1H3,(H,18,19). The van der Waals surface area contributed by atoms with Gasteiger partial charge in [-0.25, -0.2) is 9.37 Å². The number of carbonyl (C=O) groups excluding carboxylic acids is 1. The molecule has 1 N–H and O–H groups in total. The molecule has 0 saturated carbocycles. The first-order valence-corrected chi connectivity index (χ1v) is 6.64. The Balaban J connectivity index is 2.23. The zero-order valence-corrected chi connectivity index (χ0v) is 12.6. The predicted octanol–water partition coefficient (Wildman–Crippen LogP) is 3.90. The highest BCUT2D eigenvalue weighted by atomic mass is 79.9. The van der Waals surface area contributed by atoms with E-state index in [2.05, 4.69) is 26.2 Å². The van der Waals surface area contributed by atoms with Crippen LogP contribution in [0.5, 0.6) is 5.75 Å². The van der Waals surface area contributed by atoms with Gasteiger partial charge in [0.15, 0.2) is 11.6 Å². The summed E-state index contributed by atoms with van der Waals surface area (Å²) in [6, 6.07) is 5.64. The molecule has 2 rings (SSSR count). The number of benzene rings is 1. The lowest BCUT2D eigenvalue weighted by Gasteiger charge is -2.08. The maximum atomic E-state index is 13.5. The van der Waals surface area contributed by atoms with E-state index in [1.807, 2.05) is 0 Å². The molecular formula is C13H9BrClFN2O2. The van der Waals surface area contributed by atoms with Gasteiger partial charge in [0, 0.05) is 22.4 Å². The highest BCUT2D eigenvalue weighted by Crippen LogP contribution is 2.23. The van der Waals surface area contributed by atoms with Crippen molar-refractivity contribution in [3.63, 3.8) is 0 Å². The third-order valence-electron chi connectivity index (χ3n) is 2.46. The van der Waals surface area contributed by atoms with Gasteiger partial charge in [0.1, 0.15) is 5.15 Å². The fourth-order valence-corrected chi connectivity index (χ4v) is 2.04. The van der Waals surface area contributed by atoms with Crippen molar-refractivity contribution in [2.24, 2.45) is 0 Å². The van der Waals surface area contributed by atoms with Crippen molar-refractivity contribution < 1.29 is 13.9 Å². The number of hydrogen-bond donors (Lipinski definition) is 1. The van der Waals surface area contributed by atoms with Crippen molar-refractivity contribution in [3.8, 4) is 5.75 Å². The summed E-state index contributed by atoms with van der Waals surface area (Å²) in [7, 11) is 1.36. The lowest BCUT2D eigenvalue weighted by Crippen LogP contribution is -2.13. The summed E-state index contributed by atoms with van der Waals surface area (Å²) in [5.41, 5.74) is 0.488. The number of rotatable bonds is 3. The van der Waals surface area contributed by atoms with E-state index in [1.165, 1.54) is 31.5 Å². The first-order valence-electron chi connectivity index (χ1n) is 5.47. The molecule has 20 heavy (non-hydrogen) atoms. The zero-order chi connectivity index (χ0) is 14.7. The average molecular weight is 360 g/mol. The van der Waals surface area contributed by atoms with Crippen molar-refractivity contribution in [1.82, 2.24) is 4.98 Å². The number of hydrogen-bond acceptors (Lipinski definition) is 3. The monoisotopic (exact) mass is 358 g/mol. The molecule has 1 amide bonds. The second-order valence-electron chi connectivity index (χ2n) is 3.80. The number of ether oxygens (including phenoxy) is 1. The van der Waals surface area contributed by atoms with Gasteiger partial charge in [-0.15, -0.1) is 0 Å². The van der Waals surface area contributed by atoms with E-state index in [1.54, 1.807) is 0 Å². The zero-order valence-electron chi connectivity index (χ0n) is 10.3. The molecule has 1 aromatic carbocycles. The normalized spacial score (nSPS) is 10.2. The largest absolute Gasteiger partial charge is 0.494 e. The molecule has 0 bridgehead atoms. The van der Waals surface area contributed by atoms with E-state index in [0.29, 0.717) is 10.2 Å². The second kappa shape index (κ2) is 6.19. The summed E-state index contributed by atoms with van der Waals surface area (Å²) >= 11 is 9.05. The molecule has 7 heteroatoms. The molecule has 2 aromatic rings. The van der Waals surface area contributed by atoms with E-state index >= 15 is 0 Å². The van der Waals surface area contributed by atoms with Gasteiger partial charge < -0.3 is 10.1 Å².